The monoisotopic (exact) mass is 259 g/mol. The van der Waals surface area contributed by atoms with Gasteiger partial charge in [-0.3, -0.25) is 0 Å². The smallest absolute Gasteiger partial charge is 0.209 e. The molecule has 0 aliphatic carbocycles. The zero-order valence-corrected chi connectivity index (χ0v) is 9.66. The molecule has 0 N–H and O–H groups in total. The van der Waals surface area contributed by atoms with E-state index < -0.39 is 10.3 Å². The molecule has 0 amide bonds. The van der Waals surface area contributed by atoms with E-state index in [1.165, 1.54) is 0 Å². The quantitative estimate of drug-likeness (QED) is 0.596. The minimum absolute atomic E-state index is 0.169. The summed E-state index contributed by atoms with van der Waals surface area (Å²) in [6.45, 7) is 0. The molecule has 0 fully saturated rings. The highest BCUT2D eigenvalue weighted by Gasteiger charge is 2.13. The third kappa shape index (κ3) is 1.68. The molecule has 18 heavy (non-hydrogen) atoms. The Hall–Kier alpha value is -2.48. The molecule has 1 aliphatic heterocycles. The summed E-state index contributed by atoms with van der Waals surface area (Å²) in [4.78, 5) is 7.66. The average Bonchev–Trinajstić information content (AvgIpc) is 2.83. The molecule has 0 saturated heterocycles. The SMILES string of the molecule is O=S(=O)=C1N=c2nnnc(-c3ccccc3)c2=N1. The first-order valence-electron chi connectivity index (χ1n) is 4.94. The summed E-state index contributed by atoms with van der Waals surface area (Å²) in [6, 6.07) is 9.20. The fourth-order valence-electron chi connectivity index (χ4n) is 1.56. The van der Waals surface area contributed by atoms with Gasteiger partial charge >= 0.3 is 0 Å². The predicted octanol–water partition coefficient (Wildman–Crippen LogP) is -1.24. The van der Waals surface area contributed by atoms with E-state index in [-0.39, 0.29) is 10.6 Å². The number of hydrogen-bond acceptors (Lipinski definition) is 5. The number of fused-ring (bicyclic) bond motifs is 1. The number of nitrogens with zero attached hydrogens (tertiary/aromatic N) is 5. The first-order valence-corrected chi connectivity index (χ1v) is 6.01. The van der Waals surface area contributed by atoms with Crippen molar-refractivity contribution in [3.05, 3.63) is 41.2 Å². The highest BCUT2D eigenvalue weighted by Crippen LogP contribution is 2.10. The summed E-state index contributed by atoms with van der Waals surface area (Å²) in [5.74, 6) is 0. The zero-order chi connectivity index (χ0) is 12.5. The van der Waals surface area contributed by atoms with E-state index in [9.17, 15) is 8.42 Å². The summed E-state index contributed by atoms with van der Waals surface area (Å²) in [7, 11) is -2.49. The lowest BCUT2D eigenvalue weighted by atomic mass is 10.1. The third-order valence-electron chi connectivity index (χ3n) is 2.33. The lowest BCUT2D eigenvalue weighted by molar-refractivity contribution is 0.626. The van der Waals surface area contributed by atoms with Crippen molar-refractivity contribution in [3.63, 3.8) is 0 Å². The van der Waals surface area contributed by atoms with Crippen LogP contribution in [0.1, 0.15) is 0 Å². The van der Waals surface area contributed by atoms with Crippen LogP contribution in [-0.2, 0) is 10.3 Å². The second-order valence-electron chi connectivity index (χ2n) is 3.42. The molecular formula is C10H5N5O2S. The summed E-state index contributed by atoms with van der Waals surface area (Å²) in [6.07, 6.45) is 0. The number of benzene rings is 1. The highest BCUT2D eigenvalue weighted by molar-refractivity contribution is 7.72. The van der Waals surface area contributed by atoms with Gasteiger partial charge in [-0.1, -0.05) is 30.3 Å². The van der Waals surface area contributed by atoms with E-state index >= 15 is 0 Å². The summed E-state index contributed by atoms with van der Waals surface area (Å²) < 4.78 is 21.6. The van der Waals surface area contributed by atoms with Crippen molar-refractivity contribution >= 4 is 15.4 Å². The molecule has 0 unspecified atom stereocenters. The highest BCUT2D eigenvalue weighted by atomic mass is 32.2. The van der Waals surface area contributed by atoms with E-state index in [1.807, 2.05) is 30.3 Å². The first kappa shape index (κ1) is 10.7. The average molecular weight is 259 g/mol. The summed E-state index contributed by atoms with van der Waals surface area (Å²) >= 11 is 0. The second-order valence-corrected chi connectivity index (χ2v) is 4.25. The van der Waals surface area contributed by atoms with Crippen molar-refractivity contribution in [2.24, 2.45) is 9.98 Å². The van der Waals surface area contributed by atoms with Gasteiger partial charge in [0.15, 0.2) is 0 Å². The van der Waals surface area contributed by atoms with Crippen LogP contribution in [0, 0.1) is 0 Å². The van der Waals surface area contributed by atoms with Gasteiger partial charge in [0.05, 0.1) is 0 Å². The van der Waals surface area contributed by atoms with Crippen molar-refractivity contribution in [3.8, 4) is 11.3 Å². The Balaban J connectivity index is 2.38. The molecule has 3 rings (SSSR count). The number of rotatable bonds is 1. The van der Waals surface area contributed by atoms with Gasteiger partial charge in [-0.15, -0.1) is 10.2 Å². The molecule has 88 valence electrons. The van der Waals surface area contributed by atoms with Crippen LogP contribution in [0.2, 0.25) is 0 Å². The van der Waals surface area contributed by atoms with Crippen LogP contribution in [0.4, 0.5) is 0 Å². The standard InChI is InChI=1S/C10H5N5O2S/c16-18(17)10-11-8-7(6-4-2-1-3-5-6)13-15-14-9(8)12-10/h1-5H. The normalized spacial score (nSPS) is 12.6. The third-order valence-corrected chi connectivity index (χ3v) is 2.81. The van der Waals surface area contributed by atoms with Crippen LogP contribution in [0.15, 0.2) is 40.3 Å². The maximum absolute atomic E-state index is 10.8. The van der Waals surface area contributed by atoms with Crippen molar-refractivity contribution in [2.75, 3.05) is 0 Å². The Bertz CT molecular complexity index is 866. The van der Waals surface area contributed by atoms with E-state index in [4.69, 9.17) is 0 Å². The minimum atomic E-state index is -2.49. The molecule has 2 heterocycles. The minimum Gasteiger partial charge on any atom is -0.209 e. The first-order chi connectivity index (χ1) is 8.75. The molecule has 1 aliphatic rings. The lowest BCUT2D eigenvalue weighted by Gasteiger charge is -1.96. The molecule has 0 atom stereocenters. The van der Waals surface area contributed by atoms with Crippen molar-refractivity contribution < 1.29 is 8.42 Å². The Morgan fingerprint density at radius 2 is 1.72 bits per heavy atom. The fourth-order valence-corrected chi connectivity index (χ4v) is 1.89. The Labute approximate surface area is 102 Å². The van der Waals surface area contributed by atoms with E-state index in [1.54, 1.807) is 0 Å². The fraction of sp³-hybridized carbons (Fsp3) is 0. The van der Waals surface area contributed by atoms with Gasteiger partial charge in [0, 0.05) is 5.56 Å². The van der Waals surface area contributed by atoms with Gasteiger partial charge in [-0.2, -0.15) is 13.4 Å². The lowest BCUT2D eigenvalue weighted by Crippen LogP contribution is -2.30. The molecule has 0 saturated carbocycles. The van der Waals surface area contributed by atoms with Crippen LogP contribution >= 0.6 is 0 Å². The van der Waals surface area contributed by atoms with Gasteiger partial charge in [0.25, 0.3) is 15.4 Å². The summed E-state index contributed by atoms with van der Waals surface area (Å²) in [5, 5.41) is 11.1. The maximum Gasteiger partial charge on any atom is 0.278 e. The van der Waals surface area contributed by atoms with Crippen LogP contribution in [-0.4, -0.2) is 28.9 Å². The van der Waals surface area contributed by atoms with Gasteiger partial charge in [0.1, 0.15) is 11.1 Å². The van der Waals surface area contributed by atoms with Gasteiger partial charge in [-0.25, -0.2) is 4.99 Å². The van der Waals surface area contributed by atoms with Crippen LogP contribution in [0.3, 0.4) is 0 Å². The number of aromatic nitrogens is 3. The molecule has 0 radical (unpaired) electrons. The van der Waals surface area contributed by atoms with Crippen LogP contribution in [0.5, 0.6) is 0 Å². The molecule has 7 nitrogen and oxygen atoms in total. The van der Waals surface area contributed by atoms with Crippen LogP contribution < -0.4 is 10.8 Å². The van der Waals surface area contributed by atoms with E-state index in [0.717, 1.165) is 5.56 Å². The Kier molecular flexibility index (Phi) is 2.41. The van der Waals surface area contributed by atoms with Gasteiger partial charge in [-0.05, 0) is 5.21 Å². The van der Waals surface area contributed by atoms with Gasteiger partial charge < -0.3 is 0 Å². The molecule has 1 aromatic carbocycles. The van der Waals surface area contributed by atoms with Crippen molar-refractivity contribution in [2.45, 2.75) is 0 Å². The molecule has 1 aromatic heterocycles. The largest absolute Gasteiger partial charge is 0.278 e. The molecule has 0 spiro atoms. The van der Waals surface area contributed by atoms with Crippen LogP contribution in [0.25, 0.3) is 11.3 Å². The van der Waals surface area contributed by atoms with E-state index in [2.05, 4.69) is 25.4 Å². The van der Waals surface area contributed by atoms with Crippen molar-refractivity contribution in [1.29, 1.82) is 0 Å². The zero-order valence-electron chi connectivity index (χ0n) is 8.85. The Morgan fingerprint density at radius 1 is 0.944 bits per heavy atom. The molecule has 2 aromatic rings. The predicted molar refractivity (Wildman–Crippen MR) is 61.5 cm³/mol. The Morgan fingerprint density at radius 3 is 2.44 bits per heavy atom. The topological polar surface area (TPSA) is 97.5 Å². The maximum atomic E-state index is 10.8. The van der Waals surface area contributed by atoms with Gasteiger partial charge in [0.2, 0.25) is 5.49 Å². The second kappa shape index (κ2) is 4.08. The van der Waals surface area contributed by atoms with E-state index in [0.29, 0.717) is 11.1 Å². The van der Waals surface area contributed by atoms with Crippen molar-refractivity contribution in [1.82, 2.24) is 15.4 Å². The molecular weight excluding hydrogens is 254 g/mol. The molecule has 0 bridgehead atoms. The number of hydrogen-bond donors (Lipinski definition) is 0. The summed E-state index contributed by atoms with van der Waals surface area (Å²) in [5.41, 5.74) is 1.41. The molecule has 8 heteroatoms.